The third kappa shape index (κ3) is 19.2. The van der Waals surface area contributed by atoms with Gasteiger partial charge in [-0.15, -0.1) is 11.8 Å². The fourth-order valence-electron chi connectivity index (χ4n) is 5.23. The number of nitrogens with zero attached hydrogens (tertiary/aromatic N) is 3. The Balaban J connectivity index is 1.13. The first-order valence-corrected chi connectivity index (χ1v) is 19.6. The largest absolute Gasteiger partial charge is 0.379 e. The van der Waals surface area contributed by atoms with E-state index in [1.54, 1.807) is 11.8 Å². The maximum absolute atomic E-state index is 12.9. The number of nitrogens with one attached hydrogen (secondary N) is 1. The van der Waals surface area contributed by atoms with Crippen LogP contribution in [0, 0.1) is 0 Å². The molecule has 1 amide bonds. The Bertz CT molecular complexity index is 1330. The second kappa shape index (κ2) is 30.6. The van der Waals surface area contributed by atoms with E-state index in [2.05, 4.69) is 51.7 Å². The smallest absolute Gasteiger partial charge is 0.237 e. The second-order valence-electron chi connectivity index (χ2n) is 11.8. The lowest BCUT2D eigenvalue weighted by Crippen LogP contribution is -2.44. The van der Waals surface area contributed by atoms with Crippen LogP contribution in [0.4, 0.5) is 0 Å². The first-order valence-electron chi connectivity index (χ1n) is 18.6. The van der Waals surface area contributed by atoms with Gasteiger partial charge in [0.25, 0.3) is 0 Å². The van der Waals surface area contributed by atoms with Crippen molar-refractivity contribution >= 4 is 17.7 Å². The number of nitrogens with two attached hydrogens (primary N) is 1. The SMILES string of the molecule is [N-]=[N+]=NCCOCCOCCOCCOCCOCCOCCOCCOCCNC(=O)[C@@H](N)CSC(c1ccccc1)(c1ccccc1)c1ccccc1. The van der Waals surface area contributed by atoms with Crippen molar-refractivity contribution in [1.82, 2.24) is 5.32 Å². The van der Waals surface area contributed by atoms with Crippen LogP contribution in [0.2, 0.25) is 0 Å². The molecule has 0 aromatic heterocycles. The molecular formula is C40H57N5O9S. The highest BCUT2D eigenvalue weighted by Crippen LogP contribution is 2.48. The van der Waals surface area contributed by atoms with Gasteiger partial charge in [0.2, 0.25) is 5.91 Å². The van der Waals surface area contributed by atoms with Crippen molar-refractivity contribution in [2.45, 2.75) is 10.8 Å². The van der Waals surface area contributed by atoms with Crippen molar-refractivity contribution in [2.75, 3.05) is 125 Å². The van der Waals surface area contributed by atoms with Crippen LogP contribution in [-0.2, 0) is 47.4 Å². The number of amides is 1. The van der Waals surface area contributed by atoms with Crippen molar-refractivity contribution in [3.05, 3.63) is 118 Å². The predicted octanol–water partition coefficient (Wildman–Crippen LogP) is 4.60. The first kappa shape index (κ1) is 45.8. The maximum Gasteiger partial charge on any atom is 0.237 e. The van der Waals surface area contributed by atoms with Gasteiger partial charge in [-0.05, 0) is 22.2 Å². The molecule has 0 saturated heterocycles. The molecule has 0 aliphatic carbocycles. The van der Waals surface area contributed by atoms with Crippen LogP contribution in [-0.4, -0.2) is 137 Å². The summed E-state index contributed by atoms with van der Waals surface area (Å²) in [6.07, 6.45) is 0. The lowest BCUT2D eigenvalue weighted by atomic mass is 9.84. The van der Waals surface area contributed by atoms with Gasteiger partial charge in [-0.3, -0.25) is 4.79 Å². The van der Waals surface area contributed by atoms with E-state index in [1.165, 1.54) is 0 Å². The van der Waals surface area contributed by atoms with E-state index in [9.17, 15) is 4.79 Å². The number of thioether (sulfide) groups is 1. The molecular weight excluding hydrogens is 727 g/mol. The molecule has 14 nitrogen and oxygen atoms in total. The van der Waals surface area contributed by atoms with E-state index >= 15 is 0 Å². The molecule has 0 heterocycles. The molecule has 302 valence electrons. The monoisotopic (exact) mass is 783 g/mol. The van der Waals surface area contributed by atoms with E-state index in [4.69, 9.17) is 49.2 Å². The third-order valence-corrected chi connectivity index (χ3v) is 9.57. The Kier molecular flexibility index (Phi) is 25.5. The molecule has 3 rings (SSSR count). The average Bonchev–Trinajstić information content (AvgIpc) is 3.23. The predicted molar refractivity (Wildman–Crippen MR) is 213 cm³/mol. The Morgan fingerprint density at radius 1 is 0.582 bits per heavy atom. The summed E-state index contributed by atoms with van der Waals surface area (Å²) in [6.45, 7) is 7.87. The highest BCUT2D eigenvalue weighted by atomic mass is 32.2. The standard InChI is InChI=1S/C40H57N5O9S/c41-38(34-55-40(35-10-4-1-5-11-35,36-12-6-2-7-13-36)37-14-8-3-9-15-37)39(46)43-16-18-47-20-22-49-24-26-51-28-30-53-32-33-54-31-29-52-27-25-50-23-21-48-19-17-44-45-42/h1-15,38H,16-34,41H2,(H,43,46)/t38-/m0/s1. The van der Waals surface area contributed by atoms with Gasteiger partial charge in [-0.1, -0.05) is 96.1 Å². The lowest BCUT2D eigenvalue weighted by molar-refractivity contribution is -0.122. The molecule has 0 aliphatic rings. The molecule has 3 aromatic carbocycles. The Morgan fingerprint density at radius 3 is 1.25 bits per heavy atom. The van der Waals surface area contributed by atoms with Gasteiger partial charge in [-0.25, -0.2) is 0 Å². The normalized spacial score (nSPS) is 11.9. The number of rotatable bonds is 34. The summed E-state index contributed by atoms with van der Waals surface area (Å²) in [7, 11) is 0. The van der Waals surface area contributed by atoms with Gasteiger partial charge < -0.3 is 48.9 Å². The quantitative estimate of drug-likeness (QED) is 0.0285. The van der Waals surface area contributed by atoms with Crippen LogP contribution in [0.25, 0.3) is 10.4 Å². The highest BCUT2D eigenvalue weighted by molar-refractivity contribution is 8.00. The maximum atomic E-state index is 12.9. The topological polar surface area (TPSA) is 178 Å². The summed E-state index contributed by atoms with van der Waals surface area (Å²) in [5.41, 5.74) is 18.0. The molecule has 55 heavy (non-hydrogen) atoms. The third-order valence-electron chi connectivity index (χ3n) is 7.91. The fourth-order valence-corrected chi connectivity index (χ4v) is 6.72. The Hall–Kier alpha value is -3.57. The molecule has 0 bridgehead atoms. The summed E-state index contributed by atoms with van der Waals surface area (Å²) >= 11 is 1.66. The molecule has 0 aliphatic heterocycles. The van der Waals surface area contributed by atoms with Gasteiger partial charge in [0.15, 0.2) is 0 Å². The average molecular weight is 784 g/mol. The minimum Gasteiger partial charge on any atom is -0.379 e. The van der Waals surface area contributed by atoms with E-state index in [1.807, 2.05) is 54.6 Å². The summed E-state index contributed by atoms with van der Waals surface area (Å²) in [5.74, 6) is 0.201. The minimum absolute atomic E-state index is 0.215. The van der Waals surface area contributed by atoms with Gasteiger partial charge in [-0.2, -0.15) is 0 Å². The van der Waals surface area contributed by atoms with Crippen LogP contribution in [0.5, 0.6) is 0 Å². The Labute approximate surface area is 329 Å². The van der Waals surface area contributed by atoms with Crippen molar-refractivity contribution in [2.24, 2.45) is 10.8 Å². The lowest BCUT2D eigenvalue weighted by Gasteiger charge is -2.36. The fraction of sp³-hybridized carbons (Fsp3) is 0.525. The van der Waals surface area contributed by atoms with E-state index in [-0.39, 0.29) is 5.91 Å². The second-order valence-corrected chi connectivity index (χ2v) is 13.1. The number of hydrogen-bond donors (Lipinski definition) is 2. The molecule has 3 N–H and O–H groups in total. The summed E-state index contributed by atoms with van der Waals surface area (Å²) in [4.78, 5) is 15.6. The molecule has 0 fully saturated rings. The van der Waals surface area contributed by atoms with Gasteiger partial charge in [0.1, 0.15) is 0 Å². The van der Waals surface area contributed by atoms with Crippen LogP contribution in [0.1, 0.15) is 16.7 Å². The van der Waals surface area contributed by atoms with Crippen LogP contribution >= 0.6 is 11.8 Å². The molecule has 15 heteroatoms. The van der Waals surface area contributed by atoms with Gasteiger partial charge >= 0.3 is 0 Å². The summed E-state index contributed by atoms with van der Waals surface area (Å²) in [5, 5.41) is 6.28. The van der Waals surface area contributed by atoms with E-state index in [0.717, 1.165) is 16.7 Å². The molecule has 0 unspecified atom stereocenters. The van der Waals surface area contributed by atoms with Gasteiger partial charge in [0, 0.05) is 23.8 Å². The Morgan fingerprint density at radius 2 is 0.909 bits per heavy atom. The first-order chi connectivity index (χ1) is 27.2. The van der Waals surface area contributed by atoms with Crippen LogP contribution in [0.15, 0.2) is 96.1 Å². The number of carbonyl (C=O) groups excluding carboxylic acids is 1. The summed E-state index contributed by atoms with van der Waals surface area (Å²) < 4.78 is 43.2. The minimum atomic E-state index is -0.702. The van der Waals surface area contributed by atoms with Crippen molar-refractivity contribution in [1.29, 1.82) is 0 Å². The van der Waals surface area contributed by atoms with Crippen LogP contribution < -0.4 is 11.1 Å². The highest BCUT2D eigenvalue weighted by Gasteiger charge is 2.37. The van der Waals surface area contributed by atoms with Crippen molar-refractivity contribution in [3.63, 3.8) is 0 Å². The van der Waals surface area contributed by atoms with Gasteiger partial charge in [0.05, 0.1) is 116 Å². The number of carbonyl (C=O) groups is 1. The van der Waals surface area contributed by atoms with Crippen molar-refractivity contribution in [3.8, 4) is 0 Å². The molecule has 0 saturated carbocycles. The van der Waals surface area contributed by atoms with Crippen molar-refractivity contribution < 1.29 is 42.7 Å². The number of hydrogen-bond acceptors (Lipinski definition) is 12. The molecule has 0 spiro atoms. The van der Waals surface area contributed by atoms with E-state index in [0.29, 0.717) is 125 Å². The summed E-state index contributed by atoms with van der Waals surface area (Å²) in [6, 6.07) is 30.3. The number of ether oxygens (including phenoxy) is 8. The zero-order valence-electron chi connectivity index (χ0n) is 31.7. The zero-order chi connectivity index (χ0) is 38.9. The molecule has 0 radical (unpaired) electrons. The van der Waals surface area contributed by atoms with Crippen LogP contribution in [0.3, 0.4) is 0 Å². The number of benzene rings is 3. The van der Waals surface area contributed by atoms with E-state index < -0.39 is 10.8 Å². The number of azide groups is 1. The molecule has 3 aromatic rings. The molecule has 1 atom stereocenters. The zero-order valence-corrected chi connectivity index (χ0v) is 32.5.